The number of benzene rings is 4. The Balaban J connectivity index is 1.53. The number of anilines is 2. The zero-order chi connectivity index (χ0) is 27.5. The second-order valence-corrected chi connectivity index (χ2v) is 11.3. The number of sulfonamides is 2. The molecule has 4 aromatic rings. The van der Waals surface area contributed by atoms with Gasteiger partial charge in [-0.25, -0.2) is 26.4 Å². The first-order chi connectivity index (χ1) is 18.0. The van der Waals surface area contributed by atoms with Crippen LogP contribution in [0.4, 0.5) is 11.4 Å². The molecule has 4 N–H and O–H groups in total. The Morgan fingerprint density at radius 3 is 1.13 bits per heavy atom. The Morgan fingerprint density at radius 1 is 0.500 bits per heavy atom. The Bertz CT molecular complexity index is 1600. The molecule has 0 atom stereocenters. The predicted octanol–water partition coefficient (Wildman–Crippen LogP) is 4.35. The first kappa shape index (κ1) is 26.4. The summed E-state index contributed by atoms with van der Waals surface area (Å²) in [6, 6.07) is 22.8. The number of para-hydroxylation sites is 2. The number of carboxylic acid groups (broad SMARTS) is 2. The van der Waals surface area contributed by atoms with Crippen molar-refractivity contribution in [3.05, 3.63) is 108 Å². The molecule has 0 fully saturated rings. The van der Waals surface area contributed by atoms with E-state index >= 15 is 0 Å². The summed E-state index contributed by atoms with van der Waals surface area (Å²) in [6.45, 7) is 0. The van der Waals surface area contributed by atoms with E-state index in [0.29, 0.717) is 11.1 Å². The molecule has 194 valence electrons. The van der Waals surface area contributed by atoms with Crippen LogP contribution >= 0.6 is 0 Å². The van der Waals surface area contributed by atoms with Gasteiger partial charge < -0.3 is 10.2 Å². The number of aromatic carboxylic acids is 2. The molecule has 0 spiro atoms. The highest BCUT2D eigenvalue weighted by Gasteiger charge is 2.20. The molecule has 38 heavy (non-hydrogen) atoms. The summed E-state index contributed by atoms with van der Waals surface area (Å²) in [5, 5.41) is 18.5. The molecule has 10 nitrogen and oxygen atoms in total. The molecule has 0 bridgehead atoms. The first-order valence-electron chi connectivity index (χ1n) is 10.9. The van der Waals surface area contributed by atoms with Crippen LogP contribution in [0.15, 0.2) is 107 Å². The van der Waals surface area contributed by atoms with E-state index in [1.807, 2.05) is 0 Å². The van der Waals surface area contributed by atoms with Gasteiger partial charge >= 0.3 is 11.9 Å². The van der Waals surface area contributed by atoms with Gasteiger partial charge in [-0.15, -0.1) is 0 Å². The smallest absolute Gasteiger partial charge is 0.337 e. The minimum Gasteiger partial charge on any atom is -0.478 e. The zero-order valence-corrected chi connectivity index (χ0v) is 21.0. The van der Waals surface area contributed by atoms with Crippen LogP contribution in [-0.4, -0.2) is 39.0 Å². The van der Waals surface area contributed by atoms with Crippen LogP contribution in [0.25, 0.3) is 11.1 Å². The fraction of sp³-hybridized carbons (Fsp3) is 0. The molecular weight excluding hydrogens is 532 g/mol. The molecule has 12 heteroatoms. The molecule has 0 radical (unpaired) electrons. The van der Waals surface area contributed by atoms with E-state index in [1.54, 1.807) is 0 Å². The van der Waals surface area contributed by atoms with E-state index in [2.05, 4.69) is 9.44 Å². The molecule has 0 aromatic heterocycles. The molecule has 0 aliphatic carbocycles. The molecule has 4 rings (SSSR count). The van der Waals surface area contributed by atoms with Crippen LogP contribution in [0.5, 0.6) is 0 Å². The summed E-state index contributed by atoms with van der Waals surface area (Å²) < 4.78 is 55.7. The van der Waals surface area contributed by atoms with Crippen molar-refractivity contribution in [3.8, 4) is 11.1 Å². The average Bonchev–Trinajstić information content (AvgIpc) is 2.89. The zero-order valence-electron chi connectivity index (χ0n) is 19.4. The van der Waals surface area contributed by atoms with E-state index in [9.17, 15) is 36.6 Å². The molecule has 0 amide bonds. The summed E-state index contributed by atoms with van der Waals surface area (Å²) in [5.74, 6) is -2.55. The second-order valence-electron chi connectivity index (χ2n) is 7.96. The monoisotopic (exact) mass is 552 g/mol. The molecule has 0 saturated carbocycles. The van der Waals surface area contributed by atoms with Gasteiger partial charge in [-0.05, 0) is 59.7 Å². The molecular formula is C26H20N2O8S2. The fourth-order valence-electron chi connectivity index (χ4n) is 3.58. The van der Waals surface area contributed by atoms with Gasteiger partial charge in [0.1, 0.15) is 0 Å². The van der Waals surface area contributed by atoms with Crippen molar-refractivity contribution < 1.29 is 36.6 Å². The Hall–Kier alpha value is -4.68. The van der Waals surface area contributed by atoms with Gasteiger partial charge in [0.25, 0.3) is 20.0 Å². The minimum atomic E-state index is -4.08. The van der Waals surface area contributed by atoms with Crippen molar-refractivity contribution >= 4 is 43.4 Å². The molecule has 4 aromatic carbocycles. The summed E-state index contributed by atoms with van der Waals surface area (Å²) in [6.07, 6.45) is 0. The highest BCUT2D eigenvalue weighted by Crippen LogP contribution is 2.26. The molecule has 0 aliphatic heterocycles. The second kappa shape index (κ2) is 10.4. The predicted molar refractivity (Wildman–Crippen MR) is 140 cm³/mol. The van der Waals surface area contributed by atoms with Gasteiger partial charge in [-0.2, -0.15) is 0 Å². The van der Waals surface area contributed by atoms with Gasteiger partial charge in [-0.1, -0.05) is 48.5 Å². The number of hydrogen-bond acceptors (Lipinski definition) is 6. The van der Waals surface area contributed by atoms with Gasteiger partial charge in [0.2, 0.25) is 0 Å². The van der Waals surface area contributed by atoms with E-state index in [0.717, 1.165) is 0 Å². The van der Waals surface area contributed by atoms with Crippen LogP contribution in [-0.2, 0) is 20.0 Å². The Morgan fingerprint density at radius 2 is 0.816 bits per heavy atom. The van der Waals surface area contributed by atoms with Crippen LogP contribution in [0.1, 0.15) is 20.7 Å². The van der Waals surface area contributed by atoms with Crippen LogP contribution in [0.3, 0.4) is 0 Å². The standard InChI is InChI=1S/C26H20N2O8S2/c29-25(30)21-5-1-3-7-23(21)27-37(33,34)19-13-9-17(10-14-19)18-11-15-20(16-12-18)38(35,36)28-24-8-4-2-6-22(24)26(31)32/h1-16,27-28H,(H,29,30)(H,31,32). The SMILES string of the molecule is O=C(O)c1ccccc1NS(=O)(=O)c1ccc(-c2ccc(S(=O)(=O)Nc3ccccc3C(=O)O)cc2)cc1. The summed E-state index contributed by atoms with van der Waals surface area (Å²) in [7, 11) is -8.15. The van der Waals surface area contributed by atoms with Crippen LogP contribution in [0.2, 0.25) is 0 Å². The highest BCUT2D eigenvalue weighted by atomic mass is 32.2. The van der Waals surface area contributed by atoms with Crippen molar-refractivity contribution in [1.82, 2.24) is 0 Å². The Labute approximate surface area is 218 Å². The largest absolute Gasteiger partial charge is 0.478 e. The van der Waals surface area contributed by atoms with Gasteiger partial charge in [0.05, 0.1) is 32.3 Å². The maximum Gasteiger partial charge on any atom is 0.337 e. The lowest BCUT2D eigenvalue weighted by Crippen LogP contribution is -2.15. The highest BCUT2D eigenvalue weighted by molar-refractivity contribution is 7.93. The third-order valence-corrected chi connectivity index (χ3v) is 8.23. The van der Waals surface area contributed by atoms with Crippen LogP contribution in [0, 0.1) is 0 Å². The minimum absolute atomic E-state index is 0.0690. The topological polar surface area (TPSA) is 167 Å². The van der Waals surface area contributed by atoms with Crippen molar-refractivity contribution in [2.45, 2.75) is 9.79 Å². The van der Waals surface area contributed by atoms with E-state index < -0.39 is 32.0 Å². The van der Waals surface area contributed by atoms with Crippen molar-refractivity contribution in [3.63, 3.8) is 0 Å². The maximum atomic E-state index is 12.8. The summed E-state index contributed by atoms with van der Waals surface area (Å²) >= 11 is 0. The maximum absolute atomic E-state index is 12.8. The molecule has 0 saturated heterocycles. The fourth-order valence-corrected chi connectivity index (χ4v) is 5.74. The van der Waals surface area contributed by atoms with Gasteiger partial charge in [0, 0.05) is 0 Å². The van der Waals surface area contributed by atoms with E-state index in [-0.39, 0.29) is 32.3 Å². The molecule has 0 heterocycles. The molecule has 0 unspecified atom stereocenters. The number of rotatable bonds is 9. The number of hydrogen-bond donors (Lipinski definition) is 4. The number of carbonyl (C=O) groups is 2. The van der Waals surface area contributed by atoms with Crippen LogP contribution < -0.4 is 9.44 Å². The lowest BCUT2D eigenvalue weighted by Gasteiger charge is -2.12. The van der Waals surface area contributed by atoms with E-state index in [1.165, 1.54) is 97.1 Å². The van der Waals surface area contributed by atoms with Crippen molar-refractivity contribution in [2.24, 2.45) is 0 Å². The third kappa shape index (κ3) is 5.66. The summed E-state index contributed by atoms with van der Waals surface area (Å²) in [5.41, 5.74) is 0.680. The average molecular weight is 553 g/mol. The Kier molecular flexibility index (Phi) is 7.19. The van der Waals surface area contributed by atoms with Crippen molar-refractivity contribution in [1.29, 1.82) is 0 Å². The van der Waals surface area contributed by atoms with Gasteiger partial charge in [0.15, 0.2) is 0 Å². The first-order valence-corrected chi connectivity index (χ1v) is 13.9. The lowest BCUT2D eigenvalue weighted by molar-refractivity contribution is 0.0687. The number of nitrogens with one attached hydrogen (secondary N) is 2. The van der Waals surface area contributed by atoms with E-state index in [4.69, 9.17) is 0 Å². The van der Waals surface area contributed by atoms with Crippen molar-refractivity contribution in [2.75, 3.05) is 9.44 Å². The summed E-state index contributed by atoms with van der Waals surface area (Å²) in [4.78, 5) is 22.5. The third-order valence-electron chi connectivity index (χ3n) is 5.47. The van der Waals surface area contributed by atoms with Gasteiger partial charge in [-0.3, -0.25) is 9.44 Å². The normalized spacial score (nSPS) is 11.5. The lowest BCUT2D eigenvalue weighted by atomic mass is 10.1. The molecule has 0 aliphatic rings. The quantitative estimate of drug-likeness (QED) is 0.238. The number of carboxylic acids is 2.